The highest BCUT2D eigenvalue weighted by Crippen LogP contribution is 2.70. The number of piperidine rings is 1. The second kappa shape index (κ2) is 6.38. The van der Waals surface area contributed by atoms with Gasteiger partial charge in [0.1, 0.15) is 6.29 Å². The van der Waals surface area contributed by atoms with Crippen molar-refractivity contribution in [1.82, 2.24) is 4.90 Å². The van der Waals surface area contributed by atoms with Crippen LogP contribution in [0.5, 0.6) is 0 Å². The van der Waals surface area contributed by atoms with Crippen molar-refractivity contribution < 1.29 is 18.7 Å². The second-order valence-electron chi connectivity index (χ2n) is 9.84. The average molecular weight is 382 g/mol. The largest absolute Gasteiger partial charge is 0.390 e. The van der Waals surface area contributed by atoms with E-state index in [1.54, 1.807) is 7.11 Å². The zero-order chi connectivity index (χ0) is 18.7. The van der Waals surface area contributed by atoms with Crippen molar-refractivity contribution >= 4 is 14.6 Å². The number of carbonyl (C=O) groups excluding carboxylic acids is 1. The lowest BCUT2D eigenvalue weighted by molar-refractivity contribution is -0.269. The van der Waals surface area contributed by atoms with E-state index in [9.17, 15) is 4.79 Å². The molecule has 26 heavy (non-hydrogen) atoms. The highest BCUT2D eigenvalue weighted by molar-refractivity contribution is 6.69. The van der Waals surface area contributed by atoms with Crippen molar-refractivity contribution in [3.05, 3.63) is 0 Å². The Morgan fingerprint density at radius 2 is 2.12 bits per heavy atom. The fourth-order valence-corrected chi connectivity index (χ4v) is 8.14. The molecule has 8 atom stereocenters. The molecule has 5 aliphatic heterocycles. The minimum atomic E-state index is -1.82. The van der Waals surface area contributed by atoms with Crippen LogP contribution in [0.1, 0.15) is 39.0 Å². The fraction of sp³-hybridized carbons (Fsp3) is 0.950. The zero-order valence-electron chi connectivity index (χ0n) is 17.0. The van der Waals surface area contributed by atoms with Crippen LogP contribution in [0.2, 0.25) is 19.6 Å². The molecular weight excluding hydrogens is 346 g/mol. The number of carbonyl (C=O) groups is 1. The van der Waals surface area contributed by atoms with Gasteiger partial charge in [0.25, 0.3) is 0 Å². The van der Waals surface area contributed by atoms with Crippen molar-refractivity contribution in [2.75, 3.05) is 20.3 Å². The number of ether oxygens (including phenoxy) is 2. The monoisotopic (exact) mass is 381 g/mol. The summed E-state index contributed by atoms with van der Waals surface area (Å²) < 4.78 is 19.0. The molecule has 148 valence electrons. The van der Waals surface area contributed by atoms with Gasteiger partial charge in [-0.3, -0.25) is 4.90 Å². The van der Waals surface area contributed by atoms with Gasteiger partial charge in [0.05, 0.1) is 11.6 Å². The van der Waals surface area contributed by atoms with Crippen LogP contribution < -0.4 is 0 Å². The second-order valence-corrected chi connectivity index (χ2v) is 14.3. The summed E-state index contributed by atoms with van der Waals surface area (Å²) in [6, 6.07) is 0.437. The summed E-state index contributed by atoms with van der Waals surface area (Å²) in [5.41, 5.74) is 0.136. The number of aldehydes is 1. The third-order valence-corrected chi connectivity index (χ3v) is 8.26. The van der Waals surface area contributed by atoms with Gasteiger partial charge < -0.3 is 18.7 Å². The highest BCUT2D eigenvalue weighted by Gasteiger charge is 2.81. The van der Waals surface area contributed by atoms with Gasteiger partial charge in [-0.15, -0.1) is 0 Å². The van der Waals surface area contributed by atoms with Crippen LogP contribution >= 0.6 is 0 Å². The molecule has 0 radical (unpaired) electrons. The lowest BCUT2D eigenvalue weighted by Crippen LogP contribution is -2.66. The molecule has 5 fully saturated rings. The summed E-state index contributed by atoms with van der Waals surface area (Å²) in [7, 11) is -0.0389. The van der Waals surface area contributed by atoms with Crippen LogP contribution in [-0.2, 0) is 18.7 Å². The molecule has 0 saturated carbocycles. The van der Waals surface area contributed by atoms with E-state index in [1.807, 2.05) is 0 Å². The SMILES string of the molecule is COCCCCC12C3CC4C([C@@H](C)C=O)C(O[Si](C)(C)C)(O3)C1CCN42. The standard InChI is InChI=1S/C20H35NO4Si/c1-14(13-22)18-15-12-17-19(9-6-7-11-23-2)16(8-10-21(15)19)20(18,24-17)25-26(3,4)5/h13-18H,6-12H2,1-5H3/t14-,15?,16?,17?,18?,19?,20?/m0/s1. The van der Waals surface area contributed by atoms with Crippen molar-refractivity contribution in [2.24, 2.45) is 17.8 Å². The van der Waals surface area contributed by atoms with Crippen LogP contribution in [-0.4, -0.2) is 63.2 Å². The van der Waals surface area contributed by atoms with E-state index in [1.165, 1.54) is 12.8 Å². The number of methoxy groups -OCH3 is 1. The van der Waals surface area contributed by atoms with Crippen molar-refractivity contribution in [1.29, 1.82) is 0 Å². The maximum Gasteiger partial charge on any atom is 0.187 e. The van der Waals surface area contributed by atoms with Crippen molar-refractivity contribution in [3.63, 3.8) is 0 Å². The molecule has 0 aromatic carbocycles. The predicted octanol–water partition coefficient (Wildman–Crippen LogP) is 3.05. The van der Waals surface area contributed by atoms with Gasteiger partial charge in [-0.2, -0.15) is 0 Å². The molecule has 0 spiro atoms. The van der Waals surface area contributed by atoms with Gasteiger partial charge in [-0.25, -0.2) is 0 Å². The van der Waals surface area contributed by atoms with E-state index in [4.69, 9.17) is 13.9 Å². The summed E-state index contributed by atoms with van der Waals surface area (Å²) in [4.78, 5) is 14.5. The Balaban J connectivity index is 1.69. The lowest BCUT2D eigenvalue weighted by atomic mass is 9.68. The number of unbranched alkanes of at least 4 members (excludes halogenated alkanes) is 1. The van der Waals surface area contributed by atoms with E-state index >= 15 is 0 Å². The Morgan fingerprint density at radius 1 is 1.35 bits per heavy atom. The molecule has 0 amide bonds. The molecule has 0 aliphatic carbocycles. The Labute approximate surface area is 158 Å². The first-order valence-corrected chi connectivity index (χ1v) is 13.8. The number of nitrogens with zero attached hydrogens (tertiary/aromatic N) is 1. The third kappa shape index (κ3) is 2.45. The third-order valence-electron chi connectivity index (χ3n) is 7.32. The maximum atomic E-state index is 11.8. The fourth-order valence-electron chi connectivity index (χ4n) is 6.86. The average Bonchev–Trinajstić information content (AvgIpc) is 3.09. The van der Waals surface area contributed by atoms with E-state index in [0.29, 0.717) is 12.0 Å². The first-order valence-electron chi connectivity index (χ1n) is 10.4. The molecule has 5 saturated heterocycles. The van der Waals surface area contributed by atoms with E-state index in [2.05, 4.69) is 31.5 Å². The van der Waals surface area contributed by atoms with Gasteiger partial charge in [-0.1, -0.05) is 6.92 Å². The molecule has 6 heteroatoms. The Hall–Kier alpha value is -0.273. The van der Waals surface area contributed by atoms with Gasteiger partial charge in [0, 0.05) is 37.5 Å². The van der Waals surface area contributed by atoms with Crippen molar-refractivity contribution in [2.45, 2.75) is 82.1 Å². The molecule has 5 aliphatic rings. The summed E-state index contributed by atoms with van der Waals surface area (Å²) >= 11 is 0. The quantitative estimate of drug-likeness (QED) is 0.349. The first kappa shape index (κ1) is 19.1. The normalized spacial score (nSPS) is 46.9. The molecular formula is C20H35NO4Si. The molecule has 5 rings (SSSR count). The summed E-state index contributed by atoms with van der Waals surface area (Å²) in [6.45, 7) is 10.8. The molecule has 7 unspecified atom stereocenters. The van der Waals surface area contributed by atoms with Gasteiger partial charge >= 0.3 is 0 Å². The van der Waals surface area contributed by atoms with E-state index < -0.39 is 14.1 Å². The number of hydrogen-bond donors (Lipinski definition) is 0. The maximum absolute atomic E-state index is 11.8. The topological polar surface area (TPSA) is 48.0 Å². The van der Waals surface area contributed by atoms with Gasteiger partial charge in [0.2, 0.25) is 0 Å². The minimum Gasteiger partial charge on any atom is -0.390 e. The smallest absolute Gasteiger partial charge is 0.187 e. The highest BCUT2D eigenvalue weighted by atomic mass is 28.4. The first-order chi connectivity index (χ1) is 12.3. The molecule has 0 aromatic heterocycles. The van der Waals surface area contributed by atoms with Crippen molar-refractivity contribution in [3.8, 4) is 0 Å². The zero-order valence-corrected chi connectivity index (χ0v) is 18.0. The Morgan fingerprint density at radius 3 is 2.77 bits per heavy atom. The summed E-state index contributed by atoms with van der Waals surface area (Å²) in [5.74, 6) is 0.0163. The summed E-state index contributed by atoms with van der Waals surface area (Å²) in [5, 5.41) is 0. The van der Waals surface area contributed by atoms with Crippen LogP contribution in [0.25, 0.3) is 0 Å². The van der Waals surface area contributed by atoms with Crippen LogP contribution in [0, 0.1) is 17.8 Å². The van der Waals surface area contributed by atoms with E-state index in [0.717, 1.165) is 38.7 Å². The predicted molar refractivity (Wildman–Crippen MR) is 102 cm³/mol. The lowest BCUT2D eigenvalue weighted by Gasteiger charge is -2.54. The number of rotatable bonds is 9. The summed E-state index contributed by atoms with van der Waals surface area (Å²) in [6.07, 6.45) is 7.05. The van der Waals surface area contributed by atoms with Gasteiger partial charge in [0.15, 0.2) is 14.1 Å². The minimum absolute atomic E-state index is 0.0232. The van der Waals surface area contributed by atoms with Crippen LogP contribution in [0.4, 0.5) is 0 Å². The van der Waals surface area contributed by atoms with Crippen LogP contribution in [0.15, 0.2) is 0 Å². The van der Waals surface area contributed by atoms with E-state index in [-0.39, 0.29) is 23.5 Å². The molecule has 6 bridgehead atoms. The molecule has 5 nitrogen and oxygen atoms in total. The Kier molecular flexibility index (Phi) is 4.67. The molecule has 5 heterocycles. The molecule has 0 N–H and O–H groups in total. The number of hydrogen-bond acceptors (Lipinski definition) is 5. The molecule has 0 aromatic rings. The van der Waals surface area contributed by atoms with Crippen LogP contribution in [0.3, 0.4) is 0 Å². The Bertz CT molecular complexity index is 567. The van der Waals surface area contributed by atoms with Gasteiger partial charge in [-0.05, 0) is 58.3 Å².